The number of nitrogens with zero attached hydrogens (tertiary/aromatic N) is 3. The molecule has 2 fully saturated rings. The number of carboxylic acids is 1. The number of hydrogen-bond acceptors (Lipinski definition) is 3. The Morgan fingerprint density at radius 2 is 2.03 bits per heavy atom. The number of benzene rings is 1. The van der Waals surface area contributed by atoms with Crippen LogP contribution in [0.4, 0.5) is 4.79 Å². The van der Waals surface area contributed by atoms with Gasteiger partial charge in [0.25, 0.3) is 0 Å². The molecule has 0 unspecified atom stereocenters. The monoisotopic (exact) mass is 396 g/mol. The Hall–Kier alpha value is -2.83. The minimum Gasteiger partial charge on any atom is -0.481 e. The molecular formula is C22H28N4O3. The Kier molecular flexibility index (Phi) is 5.06. The Bertz CT molecular complexity index is 924. The summed E-state index contributed by atoms with van der Waals surface area (Å²) in [5.74, 6) is -0.688. The highest BCUT2D eigenvalue weighted by molar-refractivity contribution is 5.80. The molecule has 2 aliphatic rings. The van der Waals surface area contributed by atoms with Crippen LogP contribution in [0.3, 0.4) is 0 Å². The standard InChI is InChI=1S/C22H28N4O3/c1-15-19(16(2)26(24-15)12-17-7-4-3-5-8-17)11-23-21(29)25-13-18-9-6-10-22(18,14-25)20(27)28/h3-5,7-8,18H,6,9-14H2,1-2H3,(H,23,29)(H,27,28)/t18-,22+/m0/s1. The molecule has 7 nitrogen and oxygen atoms in total. The Morgan fingerprint density at radius 1 is 1.28 bits per heavy atom. The van der Waals surface area contributed by atoms with Gasteiger partial charge < -0.3 is 15.3 Å². The number of rotatable bonds is 5. The number of likely N-dealkylation sites (tertiary alicyclic amines) is 1. The third-order valence-electron chi connectivity index (χ3n) is 6.71. The van der Waals surface area contributed by atoms with Gasteiger partial charge in [-0.3, -0.25) is 9.48 Å². The average molecular weight is 396 g/mol. The highest BCUT2D eigenvalue weighted by Gasteiger charge is 2.55. The van der Waals surface area contributed by atoms with E-state index in [0.717, 1.165) is 29.8 Å². The first kappa shape index (κ1) is 19.5. The molecule has 2 atom stereocenters. The van der Waals surface area contributed by atoms with Gasteiger partial charge in [0, 0.05) is 30.9 Å². The lowest BCUT2D eigenvalue weighted by atomic mass is 9.81. The molecule has 2 N–H and O–H groups in total. The van der Waals surface area contributed by atoms with Gasteiger partial charge in [-0.25, -0.2) is 4.79 Å². The molecule has 4 rings (SSSR count). The van der Waals surface area contributed by atoms with Crippen molar-refractivity contribution < 1.29 is 14.7 Å². The third kappa shape index (κ3) is 3.50. The van der Waals surface area contributed by atoms with Crippen molar-refractivity contribution in [2.45, 2.75) is 46.2 Å². The second kappa shape index (κ2) is 7.54. The molecule has 29 heavy (non-hydrogen) atoms. The molecule has 2 heterocycles. The molecular weight excluding hydrogens is 368 g/mol. The molecule has 2 amide bonds. The van der Waals surface area contributed by atoms with E-state index in [4.69, 9.17) is 0 Å². The smallest absolute Gasteiger partial charge is 0.317 e. The fourth-order valence-electron chi connectivity index (χ4n) is 4.97. The molecule has 1 aliphatic carbocycles. The molecule has 1 saturated heterocycles. The number of fused-ring (bicyclic) bond motifs is 1. The van der Waals surface area contributed by atoms with Crippen LogP contribution in [0.25, 0.3) is 0 Å². The van der Waals surface area contributed by atoms with Crippen LogP contribution in [0, 0.1) is 25.2 Å². The van der Waals surface area contributed by atoms with Gasteiger partial charge in [-0.2, -0.15) is 5.10 Å². The van der Waals surface area contributed by atoms with Crippen molar-refractivity contribution in [3.63, 3.8) is 0 Å². The summed E-state index contributed by atoms with van der Waals surface area (Å²) >= 11 is 0. The van der Waals surface area contributed by atoms with Crippen LogP contribution in [-0.2, 0) is 17.9 Å². The molecule has 1 aromatic carbocycles. The summed E-state index contributed by atoms with van der Waals surface area (Å²) in [6.07, 6.45) is 2.49. The number of nitrogens with one attached hydrogen (secondary N) is 1. The van der Waals surface area contributed by atoms with Crippen LogP contribution in [0.1, 0.15) is 41.8 Å². The molecule has 0 spiro atoms. The summed E-state index contributed by atoms with van der Waals surface area (Å²) in [6, 6.07) is 9.97. The van der Waals surface area contributed by atoms with E-state index < -0.39 is 11.4 Å². The van der Waals surface area contributed by atoms with Gasteiger partial charge in [0.1, 0.15) is 0 Å². The van der Waals surface area contributed by atoms with E-state index in [9.17, 15) is 14.7 Å². The predicted octanol–water partition coefficient (Wildman–Crippen LogP) is 2.94. The summed E-state index contributed by atoms with van der Waals surface area (Å²) in [6.45, 7) is 5.90. The van der Waals surface area contributed by atoms with Crippen molar-refractivity contribution in [3.05, 3.63) is 52.8 Å². The lowest BCUT2D eigenvalue weighted by Crippen LogP contribution is -2.41. The highest BCUT2D eigenvalue weighted by atomic mass is 16.4. The largest absolute Gasteiger partial charge is 0.481 e. The highest BCUT2D eigenvalue weighted by Crippen LogP contribution is 2.48. The Balaban J connectivity index is 1.41. The van der Waals surface area contributed by atoms with Crippen molar-refractivity contribution in [1.29, 1.82) is 0 Å². The zero-order chi connectivity index (χ0) is 20.6. The van der Waals surface area contributed by atoms with Gasteiger partial charge >= 0.3 is 12.0 Å². The number of aryl methyl sites for hydroxylation is 1. The Morgan fingerprint density at radius 3 is 2.72 bits per heavy atom. The molecule has 1 aliphatic heterocycles. The van der Waals surface area contributed by atoms with Crippen molar-refractivity contribution in [1.82, 2.24) is 20.0 Å². The number of amides is 2. The van der Waals surface area contributed by atoms with E-state index in [1.54, 1.807) is 4.90 Å². The fraction of sp³-hybridized carbons (Fsp3) is 0.500. The van der Waals surface area contributed by atoms with E-state index in [-0.39, 0.29) is 11.9 Å². The molecule has 1 aromatic heterocycles. The summed E-state index contributed by atoms with van der Waals surface area (Å²) in [5.41, 5.74) is 3.38. The molecule has 0 bridgehead atoms. The minimum absolute atomic E-state index is 0.0721. The molecule has 1 saturated carbocycles. The van der Waals surface area contributed by atoms with E-state index in [0.29, 0.717) is 32.6 Å². The van der Waals surface area contributed by atoms with Gasteiger partial charge in [0.05, 0.1) is 17.7 Å². The first-order valence-electron chi connectivity index (χ1n) is 10.2. The second-order valence-electron chi connectivity index (χ2n) is 8.38. The lowest BCUT2D eigenvalue weighted by molar-refractivity contribution is -0.149. The van der Waals surface area contributed by atoms with Crippen molar-refractivity contribution in [3.8, 4) is 0 Å². The topological polar surface area (TPSA) is 87.5 Å². The molecule has 154 valence electrons. The van der Waals surface area contributed by atoms with Crippen LogP contribution >= 0.6 is 0 Å². The van der Waals surface area contributed by atoms with Crippen LogP contribution in [-0.4, -0.2) is 44.9 Å². The fourth-order valence-corrected chi connectivity index (χ4v) is 4.97. The van der Waals surface area contributed by atoms with Crippen LogP contribution in [0.15, 0.2) is 30.3 Å². The lowest BCUT2D eigenvalue weighted by Gasteiger charge is -2.23. The van der Waals surface area contributed by atoms with E-state index in [1.807, 2.05) is 36.7 Å². The zero-order valence-electron chi connectivity index (χ0n) is 17.0. The normalized spacial score (nSPS) is 23.2. The minimum atomic E-state index is -0.760. The van der Waals surface area contributed by atoms with Crippen molar-refractivity contribution >= 4 is 12.0 Å². The number of hydrogen-bond donors (Lipinski definition) is 2. The van der Waals surface area contributed by atoms with Gasteiger partial charge in [-0.05, 0) is 38.2 Å². The molecule has 7 heteroatoms. The number of carboxylic acid groups (broad SMARTS) is 1. The van der Waals surface area contributed by atoms with Gasteiger partial charge in [-0.15, -0.1) is 0 Å². The van der Waals surface area contributed by atoms with Crippen LogP contribution in [0.2, 0.25) is 0 Å². The van der Waals surface area contributed by atoms with Crippen molar-refractivity contribution in [2.75, 3.05) is 13.1 Å². The number of carbonyl (C=O) groups is 2. The van der Waals surface area contributed by atoms with E-state index in [1.165, 1.54) is 5.56 Å². The van der Waals surface area contributed by atoms with Crippen molar-refractivity contribution in [2.24, 2.45) is 11.3 Å². The maximum absolute atomic E-state index is 12.7. The first-order chi connectivity index (χ1) is 13.9. The van der Waals surface area contributed by atoms with E-state index in [2.05, 4.69) is 22.5 Å². The zero-order valence-corrected chi connectivity index (χ0v) is 17.0. The number of urea groups is 1. The van der Waals surface area contributed by atoms with Gasteiger partial charge in [0.2, 0.25) is 0 Å². The van der Waals surface area contributed by atoms with Gasteiger partial charge in [-0.1, -0.05) is 36.8 Å². The molecule has 0 radical (unpaired) electrons. The summed E-state index contributed by atoms with van der Waals surface area (Å²) in [5, 5.41) is 17.3. The van der Waals surface area contributed by atoms with Crippen LogP contribution < -0.4 is 5.32 Å². The maximum atomic E-state index is 12.7. The predicted molar refractivity (Wildman–Crippen MR) is 108 cm³/mol. The van der Waals surface area contributed by atoms with E-state index >= 15 is 0 Å². The third-order valence-corrected chi connectivity index (χ3v) is 6.71. The quantitative estimate of drug-likeness (QED) is 0.813. The SMILES string of the molecule is Cc1nn(Cc2ccccc2)c(C)c1CNC(=O)N1C[C@@H]2CCC[C@@]2(C(=O)O)C1. The summed E-state index contributed by atoms with van der Waals surface area (Å²) in [7, 11) is 0. The average Bonchev–Trinajstić information content (AvgIpc) is 3.33. The molecule has 2 aromatic rings. The van der Waals surface area contributed by atoms with Gasteiger partial charge in [0.15, 0.2) is 0 Å². The number of aliphatic carboxylic acids is 1. The second-order valence-corrected chi connectivity index (χ2v) is 8.38. The summed E-state index contributed by atoms with van der Waals surface area (Å²) < 4.78 is 1.96. The van der Waals surface area contributed by atoms with Crippen LogP contribution in [0.5, 0.6) is 0 Å². The first-order valence-corrected chi connectivity index (χ1v) is 10.2. The number of aromatic nitrogens is 2. The maximum Gasteiger partial charge on any atom is 0.317 e. The number of carbonyl (C=O) groups excluding carboxylic acids is 1. The Labute approximate surface area is 170 Å². The summed E-state index contributed by atoms with van der Waals surface area (Å²) in [4.78, 5) is 26.2.